The summed E-state index contributed by atoms with van der Waals surface area (Å²) in [5.74, 6) is 0.252. The quantitative estimate of drug-likeness (QED) is 0.734. The van der Waals surface area contributed by atoms with Crippen molar-refractivity contribution in [2.45, 2.75) is 44.9 Å². The number of likely N-dealkylation sites (N-methyl/N-ethyl adjacent to an activating group) is 1. The van der Waals surface area contributed by atoms with Crippen LogP contribution in [0.1, 0.15) is 37.6 Å². The highest BCUT2D eigenvalue weighted by molar-refractivity contribution is 5.89. The third-order valence-corrected chi connectivity index (χ3v) is 4.47. The molecular formula is C20H30N2O5. The molecule has 0 unspecified atom stereocenters. The molecule has 0 saturated carbocycles. The molecular weight excluding hydrogens is 348 g/mol. The molecule has 0 radical (unpaired) electrons. The molecule has 0 aliphatic carbocycles. The third-order valence-electron chi connectivity index (χ3n) is 4.47. The molecule has 2 atom stereocenters. The molecule has 1 aliphatic rings. The second-order valence-electron chi connectivity index (χ2n) is 7.97. The van der Waals surface area contributed by atoms with Crippen molar-refractivity contribution in [3.8, 4) is 5.75 Å². The smallest absolute Gasteiger partial charge is 0.410 e. The second-order valence-corrected chi connectivity index (χ2v) is 7.97. The minimum atomic E-state index is -0.539. The predicted molar refractivity (Wildman–Crippen MR) is 102 cm³/mol. The Kier molecular flexibility index (Phi) is 6.70. The van der Waals surface area contributed by atoms with Crippen molar-refractivity contribution in [3.63, 3.8) is 0 Å². The summed E-state index contributed by atoms with van der Waals surface area (Å²) in [6.07, 6.45) is 0.494. The van der Waals surface area contributed by atoms with E-state index in [1.807, 2.05) is 34.9 Å². The van der Waals surface area contributed by atoms with Crippen molar-refractivity contribution in [1.29, 1.82) is 0 Å². The number of hydrogen-bond acceptors (Lipinski definition) is 6. The lowest BCUT2D eigenvalue weighted by Gasteiger charge is -2.28. The number of esters is 1. The molecule has 1 amide bonds. The number of amides is 1. The highest BCUT2D eigenvalue weighted by Crippen LogP contribution is 2.25. The SMILES string of the molecule is COC(=O)c1ccc(OC[C@@H]2C[C@@H](N(C)C)CN2C(=O)OC(C)(C)C)cc1. The fourth-order valence-corrected chi connectivity index (χ4v) is 2.97. The van der Waals surface area contributed by atoms with Gasteiger partial charge in [-0.15, -0.1) is 0 Å². The van der Waals surface area contributed by atoms with Crippen LogP contribution in [0.15, 0.2) is 24.3 Å². The summed E-state index contributed by atoms with van der Waals surface area (Å²) in [6.45, 7) is 6.55. The van der Waals surface area contributed by atoms with E-state index in [1.165, 1.54) is 7.11 Å². The monoisotopic (exact) mass is 378 g/mol. The van der Waals surface area contributed by atoms with Crippen LogP contribution < -0.4 is 4.74 Å². The van der Waals surface area contributed by atoms with Gasteiger partial charge in [0.25, 0.3) is 0 Å². The number of carbonyl (C=O) groups excluding carboxylic acids is 2. The lowest BCUT2D eigenvalue weighted by atomic mass is 10.1. The predicted octanol–water partition coefficient (Wildman–Crippen LogP) is 2.79. The van der Waals surface area contributed by atoms with Gasteiger partial charge < -0.3 is 24.0 Å². The maximum Gasteiger partial charge on any atom is 0.410 e. The molecule has 0 aromatic heterocycles. The van der Waals surface area contributed by atoms with Gasteiger partial charge in [0, 0.05) is 12.6 Å². The maximum atomic E-state index is 12.6. The van der Waals surface area contributed by atoms with Crippen molar-refractivity contribution in [3.05, 3.63) is 29.8 Å². The van der Waals surface area contributed by atoms with E-state index in [0.717, 1.165) is 6.42 Å². The molecule has 7 heteroatoms. The van der Waals surface area contributed by atoms with E-state index in [4.69, 9.17) is 9.47 Å². The van der Waals surface area contributed by atoms with Crippen LogP contribution in [0.25, 0.3) is 0 Å². The summed E-state index contributed by atoms with van der Waals surface area (Å²) in [5.41, 5.74) is -0.0728. The number of methoxy groups -OCH3 is 1. The van der Waals surface area contributed by atoms with Crippen molar-refractivity contribution in [2.24, 2.45) is 0 Å². The minimum Gasteiger partial charge on any atom is -0.491 e. The Hall–Kier alpha value is -2.28. The van der Waals surface area contributed by atoms with Gasteiger partial charge in [-0.2, -0.15) is 0 Å². The molecule has 27 heavy (non-hydrogen) atoms. The van der Waals surface area contributed by atoms with Crippen LogP contribution in [0.4, 0.5) is 4.79 Å². The highest BCUT2D eigenvalue weighted by Gasteiger charge is 2.38. The third kappa shape index (κ3) is 5.85. The lowest BCUT2D eigenvalue weighted by molar-refractivity contribution is 0.0181. The zero-order valence-electron chi connectivity index (χ0n) is 17.0. The molecule has 0 N–H and O–H groups in total. The van der Waals surface area contributed by atoms with E-state index in [1.54, 1.807) is 29.2 Å². The van der Waals surface area contributed by atoms with Crippen LogP contribution in [-0.4, -0.2) is 73.9 Å². The normalized spacial score (nSPS) is 19.9. The molecule has 1 heterocycles. The van der Waals surface area contributed by atoms with Crippen LogP contribution >= 0.6 is 0 Å². The zero-order chi connectivity index (χ0) is 20.2. The van der Waals surface area contributed by atoms with Gasteiger partial charge in [-0.1, -0.05) is 0 Å². The fraction of sp³-hybridized carbons (Fsp3) is 0.600. The first kappa shape index (κ1) is 21.0. The second kappa shape index (κ2) is 8.61. The average Bonchev–Trinajstić information content (AvgIpc) is 3.03. The molecule has 0 spiro atoms. The van der Waals surface area contributed by atoms with Crippen LogP contribution in [0, 0.1) is 0 Å². The van der Waals surface area contributed by atoms with Crippen LogP contribution in [0.3, 0.4) is 0 Å². The van der Waals surface area contributed by atoms with E-state index >= 15 is 0 Å². The van der Waals surface area contributed by atoms with Crippen LogP contribution in [0.5, 0.6) is 5.75 Å². The van der Waals surface area contributed by atoms with Crippen LogP contribution in [-0.2, 0) is 9.47 Å². The van der Waals surface area contributed by atoms with Gasteiger partial charge >= 0.3 is 12.1 Å². The minimum absolute atomic E-state index is 0.0764. The number of likely N-dealkylation sites (tertiary alicyclic amines) is 1. The molecule has 7 nitrogen and oxygen atoms in total. The Labute approximate surface area is 161 Å². The standard InChI is InChI=1S/C20H30N2O5/c1-20(2,3)27-19(24)22-12-15(21(4)5)11-16(22)13-26-17-9-7-14(8-10-17)18(23)25-6/h7-10,15-16H,11-13H2,1-6H3/t15-,16+/m1/s1. The lowest BCUT2D eigenvalue weighted by Crippen LogP contribution is -2.42. The topological polar surface area (TPSA) is 68.3 Å². The largest absolute Gasteiger partial charge is 0.491 e. The summed E-state index contributed by atoms with van der Waals surface area (Å²) in [7, 11) is 5.36. The van der Waals surface area contributed by atoms with E-state index in [2.05, 4.69) is 9.64 Å². The van der Waals surface area contributed by atoms with E-state index < -0.39 is 5.60 Å². The fourth-order valence-electron chi connectivity index (χ4n) is 2.97. The van der Waals surface area contributed by atoms with Gasteiger partial charge in [-0.25, -0.2) is 9.59 Å². The first-order valence-corrected chi connectivity index (χ1v) is 9.08. The Morgan fingerprint density at radius 2 is 1.81 bits per heavy atom. The Bertz CT molecular complexity index is 651. The number of carbonyl (C=O) groups is 2. The molecule has 0 bridgehead atoms. The van der Waals surface area contributed by atoms with Crippen molar-refractivity contribution in [2.75, 3.05) is 34.4 Å². The Balaban J connectivity index is 2.02. The molecule has 1 aromatic carbocycles. The molecule has 150 valence electrons. The number of hydrogen-bond donors (Lipinski definition) is 0. The summed E-state index contributed by atoms with van der Waals surface area (Å²) in [6, 6.07) is 6.94. The number of benzene rings is 1. The summed E-state index contributed by atoms with van der Waals surface area (Å²) >= 11 is 0. The number of nitrogens with zero attached hydrogens (tertiary/aromatic N) is 2. The Morgan fingerprint density at radius 1 is 1.19 bits per heavy atom. The van der Waals surface area contributed by atoms with Gasteiger partial charge in [0.2, 0.25) is 0 Å². The zero-order valence-corrected chi connectivity index (χ0v) is 17.0. The molecule has 1 aromatic rings. The molecule has 1 saturated heterocycles. The molecule has 1 fully saturated rings. The number of rotatable bonds is 5. The first-order chi connectivity index (χ1) is 12.6. The van der Waals surface area contributed by atoms with Gasteiger partial charge in [-0.05, 0) is 65.6 Å². The summed E-state index contributed by atoms with van der Waals surface area (Å²) in [4.78, 5) is 27.9. The summed E-state index contributed by atoms with van der Waals surface area (Å²) < 4.78 is 16.1. The summed E-state index contributed by atoms with van der Waals surface area (Å²) in [5, 5.41) is 0. The van der Waals surface area contributed by atoms with Gasteiger partial charge in [0.1, 0.15) is 18.0 Å². The first-order valence-electron chi connectivity index (χ1n) is 9.08. The van der Waals surface area contributed by atoms with E-state index in [-0.39, 0.29) is 24.1 Å². The van der Waals surface area contributed by atoms with Crippen LogP contribution in [0.2, 0.25) is 0 Å². The maximum absolute atomic E-state index is 12.6. The van der Waals surface area contributed by atoms with Gasteiger partial charge in [0.15, 0.2) is 0 Å². The van der Waals surface area contributed by atoms with Crippen molar-refractivity contribution in [1.82, 2.24) is 9.80 Å². The van der Waals surface area contributed by atoms with Gasteiger partial charge in [0.05, 0.1) is 18.7 Å². The number of ether oxygens (including phenoxy) is 3. The Morgan fingerprint density at radius 3 is 2.33 bits per heavy atom. The van der Waals surface area contributed by atoms with E-state index in [9.17, 15) is 9.59 Å². The molecule has 2 rings (SSSR count). The van der Waals surface area contributed by atoms with E-state index in [0.29, 0.717) is 24.5 Å². The van der Waals surface area contributed by atoms with Gasteiger partial charge in [-0.3, -0.25) is 0 Å². The average molecular weight is 378 g/mol. The van der Waals surface area contributed by atoms with Crippen molar-refractivity contribution >= 4 is 12.1 Å². The highest BCUT2D eigenvalue weighted by atomic mass is 16.6. The van der Waals surface area contributed by atoms with Crippen molar-refractivity contribution < 1.29 is 23.8 Å². The molecule has 1 aliphatic heterocycles.